The van der Waals surface area contributed by atoms with E-state index >= 15 is 0 Å². The molecule has 0 aliphatic heterocycles. The fraction of sp³-hybridized carbons (Fsp3) is 0.400. The third-order valence-electron chi connectivity index (χ3n) is 2.01. The normalized spacial score (nSPS) is 14.2. The molecule has 13 heavy (non-hydrogen) atoms. The van der Waals surface area contributed by atoms with Crippen molar-refractivity contribution in [2.24, 2.45) is 5.73 Å². The highest BCUT2D eigenvalue weighted by Gasteiger charge is 2.16. The van der Waals surface area contributed by atoms with Crippen LogP contribution in [0, 0.1) is 0 Å². The molecule has 1 unspecified atom stereocenters. The molecule has 1 rings (SSSR count). The topological polar surface area (TPSA) is 43.1 Å². The maximum absolute atomic E-state index is 11.9. The Kier molecular flexibility index (Phi) is 2.94. The van der Waals surface area contributed by atoms with E-state index < -0.39 is 7.14 Å². The number of hydrogen-bond donors (Lipinski definition) is 1. The summed E-state index contributed by atoms with van der Waals surface area (Å²) in [5, 5.41) is 0.907. The van der Waals surface area contributed by atoms with Gasteiger partial charge in [-0.15, -0.1) is 0 Å². The van der Waals surface area contributed by atoms with Crippen molar-refractivity contribution in [2.75, 3.05) is 13.3 Å². The van der Waals surface area contributed by atoms with Gasteiger partial charge in [0.2, 0.25) is 0 Å². The van der Waals surface area contributed by atoms with Gasteiger partial charge in [0.05, 0.1) is 0 Å². The monoisotopic (exact) mass is 197 g/mol. The van der Waals surface area contributed by atoms with Crippen molar-refractivity contribution >= 4 is 12.4 Å². The van der Waals surface area contributed by atoms with Crippen LogP contribution in [0.25, 0.3) is 0 Å². The average molecular weight is 197 g/mol. The number of benzene rings is 1. The molecule has 0 heterocycles. The van der Waals surface area contributed by atoms with E-state index in [4.69, 9.17) is 5.73 Å². The highest BCUT2D eigenvalue weighted by atomic mass is 31.2. The summed E-state index contributed by atoms with van der Waals surface area (Å²) in [7, 11) is -2.19. The summed E-state index contributed by atoms with van der Waals surface area (Å²) in [6.07, 6.45) is 0. The molecule has 2 nitrogen and oxygen atoms in total. The molecule has 3 heteroatoms. The lowest BCUT2D eigenvalue weighted by atomic mass is 10.1. The van der Waals surface area contributed by atoms with E-state index in [1.165, 1.54) is 0 Å². The van der Waals surface area contributed by atoms with E-state index in [9.17, 15) is 4.57 Å². The van der Waals surface area contributed by atoms with Crippen LogP contribution in [0.5, 0.6) is 0 Å². The van der Waals surface area contributed by atoms with Crippen LogP contribution >= 0.6 is 7.14 Å². The number of rotatable bonds is 2. The Morgan fingerprint density at radius 1 is 1.31 bits per heavy atom. The molecule has 2 N–H and O–H groups in total. The molecule has 0 radical (unpaired) electrons. The quantitative estimate of drug-likeness (QED) is 0.736. The van der Waals surface area contributed by atoms with Gasteiger partial charge in [0, 0.05) is 11.3 Å². The summed E-state index contributed by atoms with van der Waals surface area (Å²) >= 11 is 0. The fourth-order valence-corrected chi connectivity index (χ4v) is 2.71. The van der Waals surface area contributed by atoms with E-state index in [-0.39, 0.29) is 6.04 Å². The second-order valence-electron chi connectivity index (χ2n) is 3.70. The zero-order valence-electron chi connectivity index (χ0n) is 8.32. The summed E-state index contributed by atoms with van der Waals surface area (Å²) in [4.78, 5) is 0. The van der Waals surface area contributed by atoms with E-state index in [0.717, 1.165) is 10.9 Å². The van der Waals surface area contributed by atoms with Gasteiger partial charge in [-0.3, -0.25) is 0 Å². The summed E-state index contributed by atoms with van der Waals surface area (Å²) in [6.45, 7) is 5.46. The smallest absolute Gasteiger partial charge is 0.110 e. The summed E-state index contributed by atoms with van der Waals surface area (Å²) < 4.78 is 11.9. The predicted molar refractivity (Wildman–Crippen MR) is 58.1 cm³/mol. The fourth-order valence-electron chi connectivity index (χ4n) is 1.36. The molecule has 0 fully saturated rings. The summed E-state index contributed by atoms with van der Waals surface area (Å²) in [5.74, 6) is 0. The van der Waals surface area contributed by atoms with E-state index in [1.807, 2.05) is 31.2 Å². The van der Waals surface area contributed by atoms with Crippen molar-refractivity contribution in [3.05, 3.63) is 29.8 Å². The third-order valence-corrected chi connectivity index (χ3v) is 3.58. The molecule has 0 bridgehead atoms. The molecule has 1 aromatic rings. The molecule has 0 saturated carbocycles. The third kappa shape index (κ3) is 2.43. The largest absolute Gasteiger partial charge is 0.324 e. The molecule has 0 aliphatic rings. The first-order chi connectivity index (χ1) is 5.93. The first-order valence-corrected chi connectivity index (χ1v) is 6.93. The van der Waals surface area contributed by atoms with Crippen molar-refractivity contribution in [2.45, 2.75) is 13.0 Å². The first-order valence-electron chi connectivity index (χ1n) is 4.33. The minimum Gasteiger partial charge on any atom is -0.324 e. The lowest BCUT2D eigenvalue weighted by Gasteiger charge is -2.15. The van der Waals surface area contributed by atoms with Gasteiger partial charge in [0.15, 0.2) is 0 Å². The number of nitrogens with two attached hydrogens (primary N) is 1. The highest BCUT2D eigenvalue weighted by molar-refractivity contribution is 7.70. The van der Waals surface area contributed by atoms with Crippen LogP contribution in [-0.4, -0.2) is 13.3 Å². The summed E-state index contributed by atoms with van der Waals surface area (Å²) in [5.41, 5.74) is 6.79. The van der Waals surface area contributed by atoms with E-state index in [2.05, 4.69) is 0 Å². The zero-order chi connectivity index (χ0) is 10.1. The lowest BCUT2D eigenvalue weighted by molar-refractivity contribution is 0.588. The Morgan fingerprint density at radius 3 is 2.23 bits per heavy atom. The van der Waals surface area contributed by atoms with Gasteiger partial charge < -0.3 is 10.3 Å². The van der Waals surface area contributed by atoms with Gasteiger partial charge in [-0.05, 0) is 25.8 Å². The molecule has 1 atom stereocenters. The Balaban J connectivity index is 3.29. The molecule has 0 aromatic heterocycles. The minimum absolute atomic E-state index is 0.0515. The molecular weight excluding hydrogens is 181 g/mol. The van der Waals surface area contributed by atoms with Crippen LogP contribution in [0.2, 0.25) is 0 Å². The van der Waals surface area contributed by atoms with Crippen LogP contribution < -0.4 is 11.0 Å². The zero-order valence-corrected chi connectivity index (χ0v) is 9.21. The van der Waals surface area contributed by atoms with Gasteiger partial charge in [-0.2, -0.15) is 0 Å². The molecule has 0 spiro atoms. The van der Waals surface area contributed by atoms with Gasteiger partial charge in [0.1, 0.15) is 7.14 Å². The second kappa shape index (κ2) is 3.65. The van der Waals surface area contributed by atoms with E-state index in [1.54, 1.807) is 13.3 Å². The van der Waals surface area contributed by atoms with Crippen molar-refractivity contribution in [1.82, 2.24) is 0 Å². The standard InChI is InChI=1S/C10H16NOP/c1-8(11)9-6-4-5-7-10(9)13(2,3)12/h4-8H,11H2,1-3H3. The van der Waals surface area contributed by atoms with Crippen LogP contribution in [0.4, 0.5) is 0 Å². The van der Waals surface area contributed by atoms with Crippen molar-refractivity contribution < 1.29 is 4.57 Å². The first kappa shape index (κ1) is 10.5. The maximum atomic E-state index is 11.9. The Labute approximate surface area is 79.5 Å². The minimum atomic E-state index is -2.19. The average Bonchev–Trinajstić information content (AvgIpc) is 2.03. The second-order valence-corrected chi connectivity index (χ2v) is 6.88. The maximum Gasteiger partial charge on any atom is 0.110 e. The van der Waals surface area contributed by atoms with Gasteiger partial charge >= 0.3 is 0 Å². The summed E-state index contributed by atoms with van der Waals surface area (Å²) in [6, 6.07) is 7.63. The van der Waals surface area contributed by atoms with Crippen LogP contribution in [0.3, 0.4) is 0 Å². The molecular formula is C10H16NOP. The van der Waals surface area contributed by atoms with Crippen LogP contribution in [-0.2, 0) is 4.57 Å². The lowest BCUT2D eigenvalue weighted by Crippen LogP contribution is -2.17. The van der Waals surface area contributed by atoms with Gasteiger partial charge in [-0.25, -0.2) is 0 Å². The van der Waals surface area contributed by atoms with Gasteiger partial charge in [-0.1, -0.05) is 24.3 Å². The highest BCUT2D eigenvalue weighted by Crippen LogP contribution is 2.36. The Hall–Kier alpha value is -0.590. The SMILES string of the molecule is CC(N)c1ccccc1P(C)(C)=O. The molecule has 0 amide bonds. The van der Waals surface area contributed by atoms with Gasteiger partial charge in [0.25, 0.3) is 0 Å². The Morgan fingerprint density at radius 2 is 1.85 bits per heavy atom. The van der Waals surface area contributed by atoms with Crippen molar-refractivity contribution in [3.8, 4) is 0 Å². The van der Waals surface area contributed by atoms with Crippen molar-refractivity contribution in [3.63, 3.8) is 0 Å². The Bertz CT molecular complexity index is 341. The van der Waals surface area contributed by atoms with E-state index in [0.29, 0.717) is 0 Å². The van der Waals surface area contributed by atoms with Crippen LogP contribution in [0.15, 0.2) is 24.3 Å². The molecule has 0 aliphatic carbocycles. The predicted octanol–water partition coefficient (Wildman–Crippen LogP) is 1.95. The van der Waals surface area contributed by atoms with Crippen LogP contribution in [0.1, 0.15) is 18.5 Å². The molecule has 1 aromatic carbocycles. The molecule has 72 valence electrons. The van der Waals surface area contributed by atoms with Crippen molar-refractivity contribution in [1.29, 1.82) is 0 Å². The number of hydrogen-bond acceptors (Lipinski definition) is 2. The molecule has 0 saturated heterocycles.